The molecule has 0 atom stereocenters. The van der Waals surface area contributed by atoms with Gasteiger partial charge in [-0.3, -0.25) is 9.48 Å². The largest absolute Gasteiger partial charge is 0.493 e. The summed E-state index contributed by atoms with van der Waals surface area (Å²) in [6.45, 7) is -0.193. The van der Waals surface area contributed by atoms with Crippen molar-refractivity contribution in [3.05, 3.63) is 77.1 Å². The Morgan fingerprint density at radius 2 is 1.87 bits per heavy atom. The molecule has 3 rings (SSSR count). The van der Waals surface area contributed by atoms with E-state index in [2.05, 4.69) is 9.84 Å². The van der Waals surface area contributed by atoms with Gasteiger partial charge in [-0.05, 0) is 29.7 Å². The molecule has 8 heteroatoms. The Bertz CT molecular complexity index is 1020. The van der Waals surface area contributed by atoms with Gasteiger partial charge in [0.1, 0.15) is 0 Å². The summed E-state index contributed by atoms with van der Waals surface area (Å²) < 4.78 is 36.8. The van der Waals surface area contributed by atoms with Gasteiger partial charge in [0.25, 0.3) is 5.91 Å². The summed E-state index contributed by atoms with van der Waals surface area (Å²) in [6.07, 6.45) is 2.23. The van der Waals surface area contributed by atoms with E-state index in [0.717, 1.165) is 11.3 Å². The van der Waals surface area contributed by atoms with Crippen LogP contribution in [0, 0.1) is 0 Å². The normalized spacial score (nSPS) is 10.9. The minimum Gasteiger partial charge on any atom is -0.493 e. The van der Waals surface area contributed by atoms with Crippen molar-refractivity contribution >= 4 is 5.91 Å². The maximum Gasteiger partial charge on any atom is 0.387 e. The topological polar surface area (TPSA) is 56.6 Å². The molecule has 1 heterocycles. The van der Waals surface area contributed by atoms with E-state index < -0.39 is 6.61 Å². The van der Waals surface area contributed by atoms with Crippen LogP contribution in [0.1, 0.15) is 34.1 Å². The molecule has 3 aromatic rings. The van der Waals surface area contributed by atoms with Crippen LogP contribution in [-0.4, -0.2) is 41.4 Å². The minimum atomic E-state index is -2.97. The summed E-state index contributed by atoms with van der Waals surface area (Å²) in [5.74, 6) is -0.0578. The smallest absolute Gasteiger partial charge is 0.387 e. The molecule has 1 amide bonds. The summed E-state index contributed by atoms with van der Waals surface area (Å²) in [4.78, 5) is 14.6. The molecule has 6 nitrogen and oxygen atoms in total. The van der Waals surface area contributed by atoms with Crippen LogP contribution in [0.3, 0.4) is 0 Å². The Balaban J connectivity index is 1.77. The van der Waals surface area contributed by atoms with Crippen molar-refractivity contribution < 1.29 is 23.0 Å². The number of benzene rings is 2. The highest BCUT2D eigenvalue weighted by molar-refractivity contribution is 5.95. The SMILES string of the molecule is CCc1c(C(=O)N(C)Cc2ccc(OC)c(OC(F)F)c2)cnn1Cc1ccccc1. The predicted molar refractivity (Wildman–Crippen MR) is 113 cm³/mol. The monoisotopic (exact) mass is 429 g/mol. The number of methoxy groups -OCH3 is 1. The third-order valence-electron chi connectivity index (χ3n) is 4.90. The fourth-order valence-corrected chi connectivity index (χ4v) is 3.41. The second-order valence-corrected chi connectivity index (χ2v) is 7.03. The molecule has 2 aromatic carbocycles. The average molecular weight is 429 g/mol. The summed E-state index contributed by atoms with van der Waals surface area (Å²) in [5.41, 5.74) is 3.11. The van der Waals surface area contributed by atoms with Gasteiger partial charge in [-0.25, -0.2) is 0 Å². The second-order valence-electron chi connectivity index (χ2n) is 7.03. The summed E-state index contributed by atoms with van der Waals surface area (Å²) in [7, 11) is 3.04. The molecule has 0 aliphatic heterocycles. The lowest BCUT2D eigenvalue weighted by Gasteiger charge is -2.19. The van der Waals surface area contributed by atoms with Crippen LogP contribution in [0.15, 0.2) is 54.7 Å². The van der Waals surface area contributed by atoms with Crippen molar-refractivity contribution in [1.29, 1.82) is 0 Å². The van der Waals surface area contributed by atoms with Gasteiger partial charge in [0.05, 0.1) is 31.1 Å². The number of aromatic nitrogens is 2. The van der Waals surface area contributed by atoms with E-state index in [1.807, 2.05) is 41.9 Å². The highest BCUT2D eigenvalue weighted by Crippen LogP contribution is 2.30. The van der Waals surface area contributed by atoms with E-state index >= 15 is 0 Å². The zero-order valence-electron chi connectivity index (χ0n) is 17.7. The molecule has 0 saturated carbocycles. The zero-order valence-corrected chi connectivity index (χ0v) is 17.7. The van der Waals surface area contributed by atoms with Gasteiger partial charge in [-0.2, -0.15) is 13.9 Å². The minimum absolute atomic E-state index is 0.0687. The molecule has 0 bridgehead atoms. The van der Waals surface area contributed by atoms with Gasteiger partial charge in [0, 0.05) is 13.6 Å². The van der Waals surface area contributed by atoms with E-state index in [4.69, 9.17) is 4.74 Å². The number of hydrogen-bond donors (Lipinski definition) is 0. The zero-order chi connectivity index (χ0) is 22.4. The van der Waals surface area contributed by atoms with Gasteiger partial charge in [0.2, 0.25) is 0 Å². The summed E-state index contributed by atoms with van der Waals surface area (Å²) >= 11 is 0. The lowest BCUT2D eigenvalue weighted by atomic mass is 10.1. The summed E-state index contributed by atoms with van der Waals surface area (Å²) in [6, 6.07) is 14.6. The highest BCUT2D eigenvalue weighted by atomic mass is 19.3. The first-order valence-electron chi connectivity index (χ1n) is 9.88. The molecule has 31 heavy (non-hydrogen) atoms. The average Bonchev–Trinajstić information content (AvgIpc) is 3.16. The Labute approximate surface area is 180 Å². The fraction of sp³-hybridized carbons (Fsp3) is 0.304. The molecule has 1 aromatic heterocycles. The number of carbonyl (C=O) groups excluding carboxylic acids is 1. The Morgan fingerprint density at radius 1 is 1.13 bits per heavy atom. The van der Waals surface area contributed by atoms with Gasteiger partial charge < -0.3 is 14.4 Å². The lowest BCUT2D eigenvalue weighted by molar-refractivity contribution is -0.0512. The number of amides is 1. The van der Waals surface area contributed by atoms with Crippen LogP contribution in [0.5, 0.6) is 11.5 Å². The van der Waals surface area contributed by atoms with Crippen LogP contribution in [0.2, 0.25) is 0 Å². The Hall–Kier alpha value is -3.42. The molecule has 0 spiro atoms. The standard InChI is InChI=1S/C23H25F2N3O3/c1-4-19-18(13-26-28(19)15-16-8-6-5-7-9-16)22(29)27(2)14-17-10-11-20(30-3)21(12-17)31-23(24)25/h5-13,23H,4,14-15H2,1-3H3. The van der Waals surface area contributed by atoms with Gasteiger partial charge >= 0.3 is 6.61 Å². The van der Waals surface area contributed by atoms with E-state index in [1.54, 1.807) is 25.4 Å². The fourth-order valence-electron chi connectivity index (χ4n) is 3.41. The lowest BCUT2D eigenvalue weighted by Crippen LogP contribution is -2.27. The van der Waals surface area contributed by atoms with E-state index in [9.17, 15) is 13.6 Å². The van der Waals surface area contributed by atoms with Crippen LogP contribution in [0.25, 0.3) is 0 Å². The van der Waals surface area contributed by atoms with E-state index in [1.165, 1.54) is 18.1 Å². The van der Waals surface area contributed by atoms with Crippen molar-refractivity contribution in [3.63, 3.8) is 0 Å². The van der Waals surface area contributed by atoms with E-state index in [-0.39, 0.29) is 24.0 Å². The third kappa shape index (κ3) is 5.39. The molecule has 0 radical (unpaired) electrons. The number of hydrogen-bond acceptors (Lipinski definition) is 4. The first-order valence-corrected chi connectivity index (χ1v) is 9.88. The Morgan fingerprint density at radius 3 is 2.52 bits per heavy atom. The van der Waals surface area contributed by atoms with Crippen molar-refractivity contribution in [2.45, 2.75) is 33.0 Å². The first kappa shape index (κ1) is 22.3. The highest BCUT2D eigenvalue weighted by Gasteiger charge is 2.21. The second kappa shape index (κ2) is 10.1. The quantitative estimate of drug-likeness (QED) is 0.507. The molecule has 0 saturated heterocycles. The van der Waals surface area contributed by atoms with Crippen molar-refractivity contribution in [1.82, 2.24) is 14.7 Å². The van der Waals surface area contributed by atoms with E-state index in [0.29, 0.717) is 24.1 Å². The Kier molecular flexibility index (Phi) is 7.23. The maximum atomic E-state index is 13.1. The first-order chi connectivity index (χ1) is 14.9. The van der Waals surface area contributed by atoms with Crippen molar-refractivity contribution in [2.24, 2.45) is 0 Å². The van der Waals surface area contributed by atoms with Crippen LogP contribution in [-0.2, 0) is 19.5 Å². The molecule has 0 aliphatic rings. The maximum absolute atomic E-state index is 13.1. The van der Waals surface area contributed by atoms with Crippen LogP contribution >= 0.6 is 0 Å². The van der Waals surface area contributed by atoms with Gasteiger partial charge in [-0.1, -0.05) is 43.3 Å². The number of nitrogens with zero attached hydrogens (tertiary/aromatic N) is 3. The van der Waals surface area contributed by atoms with Crippen molar-refractivity contribution in [2.75, 3.05) is 14.2 Å². The van der Waals surface area contributed by atoms with Gasteiger partial charge in [0.15, 0.2) is 11.5 Å². The number of alkyl halides is 2. The molecule has 0 unspecified atom stereocenters. The number of halogens is 2. The molecular weight excluding hydrogens is 404 g/mol. The third-order valence-corrected chi connectivity index (χ3v) is 4.90. The molecular formula is C23H25F2N3O3. The van der Waals surface area contributed by atoms with Crippen molar-refractivity contribution in [3.8, 4) is 11.5 Å². The number of ether oxygens (including phenoxy) is 2. The molecule has 0 aliphatic carbocycles. The van der Waals surface area contributed by atoms with Crippen LogP contribution < -0.4 is 9.47 Å². The molecule has 164 valence electrons. The molecule has 0 fully saturated rings. The summed E-state index contributed by atoms with van der Waals surface area (Å²) in [5, 5.41) is 4.41. The van der Waals surface area contributed by atoms with Gasteiger partial charge in [-0.15, -0.1) is 0 Å². The van der Waals surface area contributed by atoms with Crippen LogP contribution in [0.4, 0.5) is 8.78 Å². The number of carbonyl (C=O) groups is 1. The number of rotatable bonds is 9. The predicted octanol–water partition coefficient (Wildman–Crippen LogP) is 4.38. The molecule has 0 N–H and O–H groups in total.